The SMILES string of the molecule is C=CCOc1c(Br)cc(C=Nn2c(-c3cc(C(C)C)c(OCC)cc3C)nc3ccccc3c2=O)cc1OCC. The average Bonchev–Trinajstić information content (AvgIpc) is 2.92. The zero-order valence-corrected chi connectivity index (χ0v) is 25.1. The molecule has 0 bridgehead atoms. The summed E-state index contributed by atoms with van der Waals surface area (Å²) in [5, 5.41) is 5.15. The van der Waals surface area contributed by atoms with Gasteiger partial charge in [-0.05, 0) is 95.7 Å². The first kappa shape index (κ1) is 29.1. The summed E-state index contributed by atoms with van der Waals surface area (Å²) in [6.45, 7) is 15.2. The molecular weight excluding hydrogens is 570 g/mol. The molecule has 0 atom stereocenters. The Labute approximate surface area is 243 Å². The highest BCUT2D eigenvalue weighted by Crippen LogP contribution is 2.37. The normalized spacial score (nSPS) is 11.4. The largest absolute Gasteiger partial charge is 0.494 e. The second kappa shape index (κ2) is 13.0. The van der Waals surface area contributed by atoms with Crippen molar-refractivity contribution in [2.45, 2.75) is 40.5 Å². The van der Waals surface area contributed by atoms with Crippen molar-refractivity contribution in [2.24, 2.45) is 5.10 Å². The standard InChI is InChI=1S/C32H34BrN3O4/c1-7-14-40-30-26(33)16-22(17-29(30)39-9-3)19-34-36-31(35-27-13-11-10-12-23(27)32(36)37)25-18-24(20(4)5)28(38-8-2)15-21(25)6/h7,10-13,15-20H,1,8-9,14H2,2-6H3. The second-order valence-corrected chi connectivity index (χ2v) is 10.3. The molecule has 0 aliphatic rings. The van der Waals surface area contributed by atoms with Crippen molar-refractivity contribution >= 4 is 33.0 Å². The first-order valence-corrected chi connectivity index (χ1v) is 14.1. The molecule has 0 unspecified atom stereocenters. The number of hydrogen-bond donors (Lipinski definition) is 0. The molecule has 3 aromatic carbocycles. The Morgan fingerprint density at radius 3 is 2.48 bits per heavy atom. The van der Waals surface area contributed by atoms with Crippen molar-refractivity contribution in [2.75, 3.05) is 19.8 Å². The summed E-state index contributed by atoms with van der Waals surface area (Å²) in [5.74, 6) is 2.64. The van der Waals surface area contributed by atoms with Gasteiger partial charge in [0.05, 0.1) is 34.8 Å². The van der Waals surface area contributed by atoms with E-state index in [2.05, 4.69) is 47.5 Å². The number of hydrogen-bond acceptors (Lipinski definition) is 6. The van der Waals surface area contributed by atoms with Crippen LogP contribution in [-0.2, 0) is 0 Å². The van der Waals surface area contributed by atoms with Crippen molar-refractivity contribution in [3.8, 4) is 28.6 Å². The van der Waals surface area contributed by atoms with Gasteiger partial charge in [0.2, 0.25) is 0 Å². The number of aryl methyl sites for hydroxylation is 1. The lowest BCUT2D eigenvalue weighted by molar-refractivity contribution is 0.295. The van der Waals surface area contributed by atoms with Crippen LogP contribution < -0.4 is 19.8 Å². The number of benzene rings is 3. The average molecular weight is 605 g/mol. The lowest BCUT2D eigenvalue weighted by atomic mass is 9.96. The van der Waals surface area contributed by atoms with Gasteiger partial charge >= 0.3 is 0 Å². The van der Waals surface area contributed by atoms with E-state index >= 15 is 0 Å². The molecule has 0 aliphatic carbocycles. The van der Waals surface area contributed by atoms with Crippen LogP contribution in [0.15, 0.2) is 75.6 Å². The molecule has 0 N–H and O–H groups in total. The van der Waals surface area contributed by atoms with Gasteiger partial charge in [0.15, 0.2) is 17.3 Å². The van der Waals surface area contributed by atoms with Crippen LogP contribution in [-0.4, -0.2) is 35.7 Å². The van der Waals surface area contributed by atoms with E-state index in [-0.39, 0.29) is 11.5 Å². The quantitative estimate of drug-likeness (QED) is 0.131. The highest BCUT2D eigenvalue weighted by atomic mass is 79.9. The molecule has 0 radical (unpaired) electrons. The van der Waals surface area contributed by atoms with E-state index in [1.807, 2.05) is 57.2 Å². The molecular formula is C32H34BrN3O4. The Kier molecular flexibility index (Phi) is 9.42. The Hall–Kier alpha value is -3.91. The lowest BCUT2D eigenvalue weighted by Crippen LogP contribution is -2.21. The van der Waals surface area contributed by atoms with Crippen LogP contribution in [0.3, 0.4) is 0 Å². The smallest absolute Gasteiger partial charge is 0.282 e. The van der Waals surface area contributed by atoms with Crippen molar-refractivity contribution in [3.05, 3.63) is 92.7 Å². The minimum Gasteiger partial charge on any atom is -0.494 e. The topological polar surface area (TPSA) is 74.9 Å². The third-order valence-corrected chi connectivity index (χ3v) is 6.86. The number of rotatable bonds is 11. The fourth-order valence-corrected chi connectivity index (χ4v) is 4.98. The van der Waals surface area contributed by atoms with E-state index in [0.29, 0.717) is 52.5 Å². The first-order chi connectivity index (χ1) is 19.3. The maximum atomic E-state index is 13.8. The summed E-state index contributed by atoms with van der Waals surface area (Å²) in [6, 6.07) is 15.1. The van der Waals surface area contributed by atoms with Gasteiger partial charge in [0.1, 0.15) is 12.4 Å². The van der Waals surface area contributed by atoms with Crippen LogP contribution >= 0.6 is 15.9 Å². The molecule has 1 heterocycles. The number of ether oxygens (including phenoxy) is 3. The minimum atomic E-state index is -0.258. The summed E-state index contributed by atoms with van der Waals surface area (Å²) >= 11 is 3.58. The van der Waals surface area contributed by atoms with E-state index in [9.17, 15) is 4.79 Å². The molecule has 8 heteroatoms. The number of para-hydroxylation sites is 1. The second-order valence-electron chi connectivity index (χ2n) is 9.47. The molecule has 1 aromatic heterocycles. The van der Waals surface area contributed by atoms with Gasteiger partial charge in [0.25, 0.3) is 5.56 Å². The molecule has 0 aliphatic heterocycles. The van der Waals surface area contributed by atoms with Crippen LogP contribution in [0.4, 0.5) is 0 Å². The molecule has 4 aromatic rings. The molecule has 208 valence electrons. The van der Waals surface area contributed by atoms with Crippen LogP contribution in [0.2, 0.25) is 0 Å². The fraction of sp³-hybridized carbons (Fsp3) is 0.281. The number of aromatic nitrogens is 2. The predicted molar refractivity (Wildman–Crippen MR) is 165 cm³/mol. The van der Waals surface area contributed by atoms with E-state index in [4.69, 9.17) is 19.2 Å². The van der Waals surface area contributed by atoms with Crippen LogP contribution in [0, 0.1) is 6.92 Å². The van der Waals surface area contributed by atoms with Gasteiger partial charge in [0, 0.05) is 5.56 Å². The Bertz CT molecular complexity index is 1630. The van der Waals surface area contributed by atoms with Crippen LogP contribution in [0.5, 0.6) is 17.2 Å². The van der Waals surface area contributed by atoms with Gasteiger partial charge in [-0.2, -0.15) is 9.78 Å². The van der Waals surface area contributed by atoms with Crippen molar-refractivity contribution in [1.29, 1.82) is 0 Å². The van der Waals surface area contributed by atoms with Crippen molar-refractivity contribution in [1.82, 2.24) is 9.66 Å². The van der Waals surface area contributed by atoms with Crippen LogP contribution in [0.25, 0.3) is 22.3 Å². The molecule has 7 nitrogen and oxygen atoms in total. The van der Waals surface area contributed by atoms with Gasteiger partial charge in [-0.3, -0.25) is 4.79 Å². The maximum Gasteiger partial charge on any atom is 0.282 e. The third-order valence-electron chi connectivity index (χ3n) is 6.27. The summed E-state index contributed by atoms with van der Waals surface area (Å²) in [4.78, 5) is 18.7. The first-order valence-electron chi connectivity index (χ1n) is 13.3. The van der Waals surface area contributed by atoms with Gasteiger partial charge in [-0.15, -0.1) is 0 Å². The number of nitrogens with zero attached hydrogens (tertiary/aromatic N) is 3. The Morgan fingerprint density at radius 1 is 1.05 bits per heavy atom. The monoisotopic (exact) mass is 603 g/mol. The lowest BCUT2D eigenvalue weighted by Gasteiger charge is -2.18. The summed E-state index contributed by atoms with van der Waals surface area (Å²) in [6.07, 6.45) is 3.30. The zero-order valence-electron chi connectivity index (χ0n) is 23.5. The fourth-order valence-electron chi connectivity index (χ4n) is 4.41. The van der Waals surface area contributed by atoms with Gasteiger partial charge in [-0.1, -0.05) is 38.6 Å². The van der Waals surface area contributed by atoms with Crippen molar-refractivity contribution in [3.63, 3.8) is 0 Å². The third kappa shape index (κ3) is 6.12. The zero-order chi connectivity index (χ0) is 28.8. The molecule has 0 fully saturated rings. The molecule has 0 spiro atoms. The predicted octanol–water partition coefficient (Wildman–Crippen LogP) is 7.50. The highest BCUT2D eigenvalue weighted by molar-refractivity contribution is 9.10. The maximum absolute atomic E-state index is 13.8. The number of halogens is 1. The highest BCUT2D eigenvalue weighted by Gasteiger charge is 2.19. The van der Waals surface area contributed by atoms with E-state index < -0.39 is 0 Å². The van der Waals surface area contributed by atoms with E-state index in [1.54, 1.807) is 18.4 Å². The summed E-state index contributed by atoms with van der Waals surface area (Å²) in [5.41, 5.74) is 3.87. The summed E-state index contributed by atoms with van der Waals surface area (Å²) < 4.78 is 19.6. The molecule has 0 saturated carbocycles. The molecule has 0 amide bonds. The Morgan fingerprint density at radius 2 is 1.77 bits per heavy atom. The van der Waals surface area contributed by atoms with E-state index in [1.165, 1.54) is 4.68 Å². The molecule has 0 saturated heterocycles. The van der Waals surface area contributed by atoms with Gasteiger partial charge in [-0.25, -0.2) is 4.98 Å². The van der Waals surface area contributed by atoms with Crippen LogP contribution in [0.1, 0.15) is 50.3 Å². The summed E-state index contributed by atoms with van der Waals surface area (Å²) in [7, 11) is 0. The van der Waals surface area contributed by atoms with Crippen molar-refractivity contribution < 1.29 is 14.2 Å². The number of fused-ring (bicyclic) bond motifs is 1. The van der Waals surface area contributed by atoms with E-state index in [0.717, 1.165) is 28.0 Å². The molecule has 4 rings (SSSR count). The minimum absolute atomic E-state index is 0.209. The Balaban J connectivity index is 1.92. The molecule has 40 heavy (non-hydrogen) atoms. The van der Waals surface area contributed by atoms with Gasteiger partial charge < -0.3 is 14.2 Å².